The summed E-state index contributed by atoms with van der Waals surface area (Å²) in [5.74, 6) is -0.442. The number of fused-ring (bicyclic) bond motifs is 1. The number of benzene rings is 2. The van der Waals surface area contributed by atoms with Gasteiger partial charge in [0.25, 0.3) is 0 Å². The molecule has 2 aliphatic rings. The fourth-order valence-corrected chi connectivity index (χ4v) is 5.43. The number of hydrogen-bond donors (Lipinski definition) is 1. The predicted molar refractivity (Wildman–Crippen MR) is 136 cm³/mol. The summed E-state index contributed by atoms with van der Waals surface area (Å²) < 4.78 is 50.5. The number of nitrogens with one attached hydrogen (secondary N) is 1. The minimum absolute atomic E-state index is 0.0110. The third kappa shape index (κ3) is 6.71. The molecule has 0 bridgehead atoms. The highest BCUT2D eigenvalue weighted by Gasteiger charge is 2.31. The van der Waals surface area contributed by atoms with Crippen LogP contribution in [0.1, 0.15) is 44.6 Å². The van der Waals surface area contributed by atoms with Gasteiger partial charge in [-0.05, 0) is 49.6 Å². The summed E-state index contributed by atoms with van der Waals surface area (Å²) in [6.07, 6.45) is 5.99. The first-order valence-corrected chi connectivity index (χ1v) is 14.2. The van der Waals surface area contributed by atoms with E-state index in [0.717, 1.165) is 42.7 Å². The van der Waals surface area contributed by atoms with Crippen LogP contribution in [0.15, 0.2) is 42.5 Å². The molecule has 9 nitrogen and oxygen atoms in total. The minimum atomic E-state index is -3.87. The molecule has 0 spiro atoms. The van der Waals surface area contributed by atoms with Crippen LogP contribution in [0.4, 0.5) is 10.1 Å². The second-order valence-corrected chi connectivity index (χ2v) is 11.4. The molecule has 4 rings (SSSR count). The minimum Gasteiger partial charge on any atom is -0.454 e. The molecule has 1 N–H and O–H groups in total. The lowest BCUT2D eigenvalue weighted by molar-refractivity contribution is -0.139. The van der Waals surface area contributed by atoms with Gasteiger partial charge in [0.2, 0.25) is 28.6 Å². The molecule has 0 aromatic heterocycles. The molecule has 11 heteroatoms. The number of nitrogens with zero attached hydrogens (tertiary/aromatic N) is 2. The van der Waals surface area contributed by atoms with Crippen molar-refractivity contribution in [2.75, 3.05) is 23.9 Å². The average molecular weight is 534 g/mol. The Balaban J connectivity index is 1.58. The van der Waals surface area contributed by atoms with E-state index in [4.69, 9.17) is 9.47 Å². The highest BCUT2D eigenvalue weighted by Crippen LogP contribution is 2.36. The van der Waals surface area contributed by atoms with Gasteiger partial charge in [0.05, 0.1) is 11.9 Å². The number of rotatable bonds is 9. The van der Waals surface area contributed by atoms with Crippen molar-refractivity contribution in [3.8, 4) is 11.5 Å². The zero-order valence-corrected chi connectivity index (χ0v) is 21.8. The first-order chi connectivity index (χ1) is 17.6. The second-order valence-electron chi connectivity index (χ2n) is 9.47. The molecule has 0 saturated heterocycles. The Bertz CT molecular complexity index is 1230. The molecule has 0 unspecified atom stereocenters. The average Bonchev–Trinajstić information content (AvgIpc) is 3.34. The zero-order valence-electron chi connectivity index (χ0n) is 21.0. The highest BCUT2D eigenvalue weighted by atomic mass is 32.2. The summed E-state index contributed by atoms with van der Waals surface area (Å²) >= 11 is 0. The van der Waals surface area contributed by atoms with E-state index in [9.17, 15) is 22.4 Å². The van der Waals surface area contributed by atoms with E-state index in [1.165, 1.54) is 41.3 Å². The van der Waals surface area contributed by atoms with E-state index in [2.05, 4.69) is 5.32 Å². The maximum atomic E-state index is 13.6. The molecule has 1 aliphatic carbocycles. The van der Waals surface area contributed by atoms with Crippen molar-refractivity contribution in [2.45, 2.75) is 57.7 Å². The standard InChI is InChI=1S/C26H32FN3O6S/c1-18(26(32)28-21-6-4-3-5-7-21)29(15-19-8-10-20(27)11-9-19)25(31)16-30(37(2,33)34)22-12-13-23-24(14-22)36-17-35-23/h8-14,18,21H,3-7,15-17H2,1-2H3,(H,28,32)/t18-/m0/s1. The second kappa shape index (κ2) is 11.4. The summed E-state index contributed by atoms with van der Waals surface area (Å²) in [7, 11) is -3.87. The molecule has 1 heterocycles. The van der Waals surface area contributed by atoms with Gasteiger partial charge in [-0.15, -0.1) is 0 Å². The number of anilines is 1. The molecule has 1 fully saturated rings. The van der Waals surface area contributed by atoms with Gasteiger partial charge in [0, 0.05) is 18.7 Å². The maximum Gasteiger partial charge on any atom is 0.244 e. The van der Waals surface area contributed by atoms with Crippen LogP contribution in [0, 0.1) is 5.82 Å². The third-order valence-corrected chi connectivity index (χ3v) is 7.85. The Hall–Kier alpha value is -3.34. The van der Waals surface area contributed by atoms with Crippen LogP contribution < -0.4 is 19.1 Å². The molecule has 0 radical (unpaired) electrons. The van der Waals surface area contributed by atoms with E-state index in [1.807, 2.05) is 0 Å². The topological polar surface area (TPSA) is 105 Å². The monoisotopic (exact) mass is 533 g/mol. The molecular weight excluding hydrogens is 501 g/mol. The van der Waals surface area contributed by atoms with Crippen LogP contribution in [-0.2, 0) is 26.2 Å². The molecule has 1 aliphatic heterocycles. The Kier molecular flexibility index (Phi) is 8.21. The fourth-order valence-electron chi connectivity index (χ4n) is 4.59. The van der Waals surface area contributed by atoms with Gasteiger partial charge in [-0.3, -0.25) is 13.9 Å². The first-order valence-electron chi connectivity index (χ1n) is 12.3. The molecule has 200 valence electrons. The summed E-state index contributed by atoms with van der Waals surface area (Å²) in [6.45, 7) is 1.12. The molecule has 2 amide bonds. The lowest BCUT2D eigenvalue weighted by atomic mass is 9.95. The van der Waals surface area contributed by atoms with Crippen molar-refractivity contribution in [2.24, 2.45) is 0 Å². The Morgan fingerprint density at radius 2 is 1.73 bits per heavy atom. The van der Waals surface area contributed by atoms with Crippen molar-refractivity contribution in [3.63, 3.8) is 0 Å². The van der Waals surface area contributed by atoms with Gasteiger partial charge >= 0.3 is 0 Å². The fraction of sp³-hybridized carbons (Fsp3) is 0.462. The van der Waals surface area contributed by atoms with E-state index in [1.54, 1.807) is 13.0 Å². The van der Waals surface area contributed by atoms with Crippen molar-refractivity contribution in [3.05, 3.63) is 53.8 Å². The molecule has 37 heavy (non-hydrogen) atoms. The number of carbonyl (C=O) groups excluding carboxylic acids is 2. The number of carbonyl (C=O) groups is 2. The summed E-state index contributed by atoms with van der Waals surface area (Å²) in [4.78, 5) is 28.1. The predicted octanol–water partition coefficient (Wildman–Crippen LogP) is 3.19. The Morgan fingerprint density at radius 3 is 2.41 bits per heavy atom. The number of amides is 2. The summed E-state index contributed by atoms with van der Waals surface area (Å²) in [5.41, 5.74) is 0.849. The van der Waals surface area contributed by atoms with Gasteiger partial charge in [0.1, 0.15) is 18.4 Å². The Morgan fingerprint density at radius 1 is 1.05 bits per heavy atom. The SMILES string of the molecule is C[C@@H](C(=O)NC1CCCCC1)N(Cc1ccc(F)cc1)C(=O)CN(c1ccc2c(c1)OCO2)S(C)(=O)=O. The van der Waals surface area contributed by atoms with Crippen molar-refractivity contribution in [1.82, 2.24) is 10.2 Å². The van der Waals surface area contributed by atoms with E-state index >= 15 is 0 Å². The highest BCUT2D eigenvalue weighted by molar-refractivity contribution is 7.92. The number of halogens is 1. The van der Waals surface area contributed by atoms with E-state index in [-0.39, 0.29) is 31.0 Å². The molecule has 2 aromatic rings. The normalized spacial score (nSPS) is 16.2. The van der Waals surface area contributed by atoms with Crippen LogP contribution in [0.3, 0.4) is 0 Å². The van der Waals surface area contributed by atoms with E-state index in [0.29, 0.717) is 17.1 Å². The van der Waals surface area contributed by atoms with Crippen LogP contribution >= 0.6 is 0 Å². The quantitative estimate of drug-likeness (QED) is 0.531. The zero-order chi connectivity index (χ0) is 26.6. The van der Waals surface area contributed by atoms with Crippen LogP contribution in [-0.4, -0.2) is 56.8 Å². The maximum absolute atomic E-state index is 13.6. The smallest absolute Gasteiger partial charge is 0.244 e. The van der Waals surface area contributed by atoms with Gasteiger partial charge < -0.3 is 19.7 Å². The lowest BCUT2D eigenvalue weighted by Gasteiger charge is -2.33. The summed E-state index contributed by atoms with van der Waals surface area (Å²) in [5, 5.41) is 3.04. The van der Waals surface area contributed by atoms with Gasteiger partial charge in [0.15, 0.2) is 11.5 Å². The Labute approximate surface area is 216 Å². The lowest BCUT2D eigenvalue weighted by Crippen LogP contribution is -2.52. The first kappa shape index (κ1) is 26.7. The van der Waals surface area contributed by atoms with E-state index < -0.39 is 34.3 Å². The molecular formula is C26H32FN3O6S. The van der Waals surface area contributed by atoms with Crippen molar-refractivity contribution >= 4 is 27.5 Å². The number of sulfonamides is 1. The third-order valence-electron chi connectivity index (χ3n) is 6.71. The van der Waals surface area contributed by atoms with Gasteiger partial charge in [-0.1, -0.05) is 31.4 Å². The molecule has 2 aromatic carbocycles. The molecule has 1 saturated carbocycles. The van der Waals surface area contributed by atoms with Crippen LogP contribution in [0.25, 0.3) is 0 Å². The largest absolute Gasteiger partial charge is 0.454 e. The van der Waals surface area contributed by atoms with Crippen molar-refractivity contribution < 1.29 is 31.9 Å². The summed E-state index contributed by atoms with van der Waals surface area (Å²) in [6, 6.07) is 9.41. The number of ether oxygens (including phenoxy) is 2. The van der Waals surface area contributed by atoms with Gasteiger partial charge in [-0.25, -0.2) is 12.8 Å². The molecule has 1 atom stereocenters. The van der Waals surface area contributed by atoms with Gasteiger partial charge in [-0.2, -0.15) is 0 Å². The van der Waals surface area contributed by atoms with Crippen LogP contribution in [0.5, 0.6) is 11.5 Å². The van der Waals surface area contributed by atoms with Crippen molar-refractivity contribution in [1.29, 1.82) is 0 Å². The van der Waals surface area contributed by atoms with Crippen LogP contribution in [0.2, 0.25) is 0 Å². The number of hydrogen-bond acceptors (Lipinski definition) is 6.